The van der Waals surface area contributed by atoms with Crippen molar-refractivity contribution in [1.82, 2.24) is 14.9 Å². The van der Waals surface area contributed by atoms with Gasteiger partial charge in [0.25, 0.3) is 11.5 Å². The van der Waals surface area contributed by atoms with Crippen molar-refractivity contribution < 1.29 is 14.0 Å². The molecule has 0 aliphatic carbocycles. The van der Waals surface area contributed by atoms with Crippen LogP contribution in [0.1, 0.15) is 64.8 Å². The van der Waals surface area contributed by atoms with Crippen LogP contribution < -0.4 is 10.9 Å². The fraction of sp³-hybridized carbons (Fsp3) is 0.400. The third-order valence-electron chi connectivity index (χ3n) is 4.63. The fourth-order valence-corrected chi connectivity index (χ4v) is 3.21. The molecule has 27 heavy (non-hydrogen) atoms. The molecule has 6 nitrogen and oxygen atoms in total. The number of nitrogens with zero attached hydrogens (tertiary/aromatic N) is 2. The molecule has 1 amide bonds. The highest BCUT2D eigenvalue weighted by Crippen LogP contribution is 2.14. The van der Waals surface area contributed by atoms with E-state index in [-0.39, 0.29) is 35.2 Å². The van der Waals surface area contributed by atoms with Gasteiger partial charge in [-0.15, -0.1) is 0 Å². The van der Waals surface area contributed by atoms with E-state index in [9.17, 15) is 18.8 Å². The Morgan fingerprint density at radius 3 is 2.67 bits per heavy atom. The van der Waals surface area contributed by atoms with Crippen molar-refractivity contribution in [2.24, 2.45) is 0 Å². The van der Waals surface area contributed by atoms with Gasteiger partial charge in [0.1, 0.15) is 11.5 Å². The van der Waals surface area contributed by atoms with Crippen molar-refractivity contribution in [2.45, 2.75) is 52.1 Å². The molecule has 1 N–H and O–H groups in total. The van der Waals surface area contributed by atoms with Crippen LogP contribution in [0.15, 0.2) is 29.1 Å². The van der Waals surface area contributed by atoms with Crippen molar-refractivity contribution in [3.63, 3.8) is 0 Å². The zero-order valence-corrected chi connectivity index (χ0v) is 15.3. The van der Waals surface area contributed by atoms with E-state index < -0.39 is 5.91 Å². The van der Waals surface area contributed by atoms with Crippen LogP contribution in [0.4, 0.5) is 4.39 Å². The molecular weight excluding hydrogens is 349 g/mol. The molecule has 7 heteroatoms. The Labute approximate surface area is 156 Å². The van der Waals surface area contributed by atoms with E-state index >= 15 is 0 Å². The van der Waals surface area contributed by atoms with Gasteiger partial charge in [-0.05, 0) is 37.0 Å². The number of halogens is 1. The molecule has 142 valence electrons. The van der Waals surface area contributed by atoms with E-state index in [1.54, 1.807) is 12.1 Å². The Balaban J connectivity index is 1.93. The minimum Gasteiger partial charge on any atom is -0.347 e. The smallest absolute Gasteiger partial charge is 0.270 e. The lowest BCUT2D eigenvalue weighted by Gasteiger charge is -2.14. The molecular formula is C20H22FN3O3. The third kappa shape index (κ3) is 4.13. The number of hydrogen-bond acceptors (Lipinski definition) is 4. The van der Waals surface area contributed by atoms with Crippen LogP contribution in [0.2, 0.25) is 0 Å². The van der Waals surface area contributed by atoms with E-state index in [1.807, 2.05) is 6.92 Å². The van der Waals surface area contributed by atoms with Crippen LogP contribution in [0.3, 0.4) is 0 Å². The van der Waals surface area contributed by atoms with Crippen LogP contribution >= 0.6 is 0 Å². The number of rotatable bonds is 5. The summed E-state index contributed by atoms with van der Waals surface area (Å²) in [5.74, 6) is -0.987. The topological polar surface area (TPSA) is 81.1 Å². The van der Waals surface area contributed by atoms with E-state index in [0.717, 1.165) is 12.0 Å². The predicted molar refractivity (Wildman–Crippen MR) is 98.2 cm³/mol. The average Bonchev–Trinajstić information content (AvgIpc) is 2.85. The number of carbonyl (C=O) groups is 2. The van der Waals surface area contributed by atoms with E-state index in [2.05, 4.69) is 10.3 Å². The Kier molecular flexibility index (Phi) is 5.78. The molecule has 1 aliphatic heterocycles. The highest BCUT2D eigenvalue weighted by molar-refractivity contribution is 5.97. The normalized spacial score (nSPS) is 13.8. The lowest BCUT2D eigenvalue weighted by Crippen LogP contribution is -2.35. The number of fused-ring (bicyclic) bond motifs is 1. The number of amides is 1. The van der Waals surface area contributed by atoms with Crippen LogP contribution in [-0.2, 0) is 19.5 Å². The van der Waals surface area contributed by atoms with Gasteiger partial charge >= 0.3 is 0 Å². The number of Topliss-reactive ketones (excluding diaryl/α,β-unsaturated/α-hetero) is 1. The molecule has 2 aromatic rings. The van der Waals surface area contributed by atoms with Gasteiger partial charge in [0, 0.05) is 25.1 Å². The van der Waals surface area contributed by atoms with E-state index in [1.165, 1.54) is 16.7 Å². The Morgan fingerprint density at radius 2 is 1.96 bits per heavy atom. The summed E-state index contributed by atoms with van der Waals surface area (Å²) >= 11 is 0. The maximum atomic E-state index is 13.0. The molecule has 1 aromatic heterocycles. The first-order valence-corrected chi connectivity index (χ1v) is 9.20. The molecule has 2 heterocycles. The predicted octanol–water partition coefficient (Wildman–Crippen LogP) is 2.63. The molecule has 0 saturated carbocycles. The van der Waals surface area contributed by atoms with Crippen LogP contribution in [-0.4, -0.2) is 21.2 Å². The van der Waals surface area contributed by atoms with Crippen LogP contribution in [0, 0.1) is 5.82 Å². The number of benzene rings is 1. The zero-order valence-electron chi connectivity index (χ0n) is 15.3. The summed E-state index contributed by atoms with van der Waals surface area (Å²) in [4.78, 5) is 42.2. The lowest BCUT2D eigenvalue weighted by atomic mass is 10.1. The quantitative estimate of drug-likeness (QED) is 0.876. The maximum absolute atomic E-state index is 13.0. The first-order chi connectivity index (χ1) is 13.0. The van der Waals surface area contributed by atoms with Crippen molar-refractivity contribution >= 4 is 11.7 Å². The minimum atomic E-state index is -0.500. The molecule has 0 atom stereocenters. The molecule has 1 aromatic carbocycles. The van der Waals surface area contributed by atoms with Gasteiger partial charge in [-0.2, -0.15) is 0 Å². The largest absolute Gasteiger partial charge is 0.347 e. The highest BCUT2D eigenvalue weighted by Gasteiger charge is 2.25. The monoisotopic (exact) mass is 371 g/mol. The van der Waals surface area contributed by atoms with Gasteiger partial charge in [-0.25, -0.2) is 9.37 Å². The minimum absolute atomic E-state index is 0.0189. The molecule has 0 fully saturated rings. The summed E-state index contributed by atoms with van der Waals surface area (Å²) in [6.45, 7) is 2.54. The number of nitrogens with one attached hydrogen (secondary N) is 1. The van der Waals surface area contributed by atoms with Crippen LogP contribution in [0.25, 0.3) is 0 Å². The Morgan fingerprint density at radius 1 is 1.22 bits per heavy atom. The Hall–Kier alpha value is -2.83. The highest BCUT2D eigenvalue weighted by atomic mass is 19.1. The second-order valence-electron chi connectivity index (χ2n) is 6.66. The average molecular weight is 371 g/mol. The second-order valence-corrected chi connectivity index (χ2v) is 6.66. The summed E-state index contributed by atoms with van der Waals surface area (Å²) < 4.78 is 14.4. The zero-order chi connectivity index (χ0) is 19.4. The molecule has 0 saturated heterocycles. The van der Waals surface area contributed by atoms with Crippen molar-refractivity contribution in [1.29, 1.82) is 0 Å². The van der Waals surface area contributed by atoms with Gasteiger partial charge in [0.05, 0.1) is 0 Å². The van der Waals surface area contributed by atoms with Gasteiger partial charge in [-0.1, -0.05) is 25.5 Å². The van der Waals surface area contributed by atoms with Gasteiger partial charge in [-0.3, -0.25) is 19.0 Å². The SMILES string of the molecule is CCCc1c(C(=O)NCc2ccc(F)cc2)nc2n(c1=O)CCCCC2=O. The summed E-state index contributed by atoms with van der Waals surface area (Å²) in [5, 5.41) is 2.71. The van der Waals surface area contributed by atoms with Gasteiger partial charge in [0.2, 0.25) is 0 Å². The third-order valence-corrected chi connectivity index (χ3v) is 4.63. The van der Waals surface area contributed by atoms with E-state index in [4.69, 9.17) is 0 Å². The molecule has 1 aliphatic rings. The van der Waals surface area contributed by atoms with Gasteiger partial charge < -0.3 is 5.32 Å². The van der Waals surface area contributed by atoms with Gasteiger partial charge in [0.15, 0.2) is 11.6 Å². The lowest BCUT2D eigenvalue weighted by molar-refractivity contribution is 0.0942. The summed E-state index contributed by atoms with van der Waals surface area (Å²) in [7, 11) is 0. The molecule has 3 rings (SSSR count). The van der Waals surface area contributed by atoms with Crippen molar-refractivity contribution in [2.75, 3.05) is 0 Å². The van der Waals surface area contributed by atoms with Crippen molar-refractivity contribution in [3.8, 4) is 0 Å². The second kappa shape index (κ2) is 8.24. The first-order valence-electron chi connectivity index (χ1n) is 9.20. The summed E-state index contributed by atoms with van der Waals surface area (Å²) in [6.07, 6.45) is 2.87. The number of ketones is 1. The van der Waals surface area contributed by atoms with E-state index in [0.29, 0.717) is 37.8 Å². The Bertz CT molecular complexity index is 919. The molecule has 0 radical (unpaired) electrons. The number of carbonyl (C=O) groups excluding carboxylic acids is 2. The fourth-order valence-electron chi connectivity index (χ4n) is 3.21. The van der Waals surface area contributed by atoms with Crippen LogP contribution in [0.5, 0.6) is 0 Å². The summed E-state index contributed by atoms with van der Waals surface area (Å²) in [6, 6.07) is 5.78. The first kappa shape index (κ1) is 18.9. The van der Waals surface area contributed by atoms with Crippen molar-refractivity contribution in [3.05, 3.63) is 63.1 Å². The molecule has 0 spiro atoms. The molecule has 0 bridgehead atoms. The number of hydrogen-bond donors (Lipinski definition) is 1. The summed E-state index contributed by atoms with van der Waals surface area (Å²) in [5.41, 5.74) is 0.784. The maximum Gasteiger partial charge on any atom is 0.270 e. The number of aromatic nitrogens is 2. The standard InChI is InChI=1S/C20H22FN3O3/c1-2-5-15-17(19(26)22-12-13-7-9-14(21)10-8-13)23-18-16(25)6-3-4-11-24(18)20(15)27/h7-10H,2-6,11-12H2,1H3,(H,22,26). The molecule has 0 unspecified atom stereocenters.